The smallest absolute Gasteiger partial charge is 0.0649 e. The Bertz CT molecular complexity index is 142. The van der Waals surface area contributed by atoms with Crippen molar-refractivity contribution in [3.63, 3.8) is 0 Å². The summed E-state index contributed by atoms with van der Waals surface area (Å²) >= 11 is 0. The Balaban J connectivity index is 3.26. The third-order valence-electron chi connectivity index (χ3n) is 3.50. The molecule has 0 saturated heterocycles. The number of hydrogen-bond donors (Lipinski definition) is 1. The van der Waals surface area contributed by atoms with Gasteiger partial charge in [-0.05, 0) is 32.6 Å². The molecule has 2 nitrogen and oxygen atoms in total. The van der Waals surface area contributed by atoms with Crippen molar-refractivity contribution in [3.8, 4) is 0 Å². The van der Waals surface area contributed by atoms with Gasteiger partial charge in [0.15, 0.2) is 0 Å². The SMILES string of the molecule is CCC(C)(CC)OCCCCCCCCO. The van der Waals surface area contributed by atoms with E-state index in [-0.39, 0.29) is 5.60 Å². The molecule has 16 heavy (non-hydrogen) atoms. The Morgan fingerprint density at radius 1 is 0.875 bits per heavy atom. The van der Waals surface area contributed by atoms with Crippen LogP contribution in [-0.2, 0) is 4.74 Å². The zero-order valence-electron chi connectivity index (χ0n) is 11.4. The molecule has 0 aromatic carbocycles. The maximum atomic E-state index is 8.63. The molecule has 2 heteroatoms. The summed E-state index contributed by atoms with van der Waals surface area (Å²) < 4.78 is 5.92. The molecule has 0 aromatic rings. The lowest BCUT2D eigenvalue weighted by Gasteiger charge is -2.27. The number of ether oxygens (including phenoxy) is 1. The molecule has 0 radical (unpaired) electrons. The minimum atomic E-state index is 0.0941. The molecule has 1 N–H and O–H groups in total. The maximum Gasteiger partial charge on any atom is 0.0649 e. The Morgan fingerprint density at radius 3 is 1.88 bits per heavy atom. The Labute approximate surface area is 101 Å². The summed E-state index contributed by atoms with van der Waals surface area (Å²) in [5.41, 5.74) is 0.0941. The lowest BCUT2D eigenvalue weighted by Crippen LogP contribution is -2.27. The fraction of sp³-hybridized carbons (Fsp3) is 1.00. The van der Waals surface area contributed by atoms with Crippen LogP contribution in [0.1, 0.15) is 72.1 Å². The highest BCUT2D eigenvalue weighted by Gasteiger charge is 2.19. The number of unbranched alkanes of at least 4 members (excludes halogenated alkanes) is 5. The van der Waals surface area contributed by atoms with Crippen molar-refractivity contribution in [2.24, 2.45) is 0 Å². The number of rotatable bonds is 11. The summed E-state index contributed by atoms with van der Waals surface area (Å²) in [6.45, 7) is 7.83. The second-order valence-electron chi connectivity index (χ2n) is 4.85. The predicted octanol–water partition coefficient (Wildman–Crippen LogP) is 3.91. The van der Waals surface area contributed by atoms with E-state index in [9.17, 15) is 0 Å². The average Bonchev–Trinajstić information content (AvgIpc) is 2.32. The first kappa shape index (κ1) is 15.9. The quantitative estimate of drug-likeness (QED) is 0.545. The molecule has 0 aliphatic carbocycles. The summed E-state index contributed by atoms with van der Waals surface area (Å²) in [7, 11) is 0. The first-order chi connectivity index (χ1) is 7.68. The maximum absolute atomic E-state index is 8.63. The van der Waals surface area contributed by atoms with Crippen LogP contribution < -0.4 is 0 Å². The third-order valence-corrected chi connectivity index (χ3v) is 3.50. The average molecular weight is 230 g/mol. The lowest BCUT2D eigenvalue weighted by atomic mass is 10.0. The summed E-state index contributed by atoms with van der Waals surface area (Å²) in [5.74, 6) is 0. The van der Waals surface area contributed by atoms with Gasteiger partial charge in [-0.25, -0.2) is 0 Å². The lowest BCUT2D eigenvalue weighted by molar-refractivity contribution is -0.0386. The van der Waals surface area contributed by atoms with Crippen LogP contribution >= 0.6 is 0 Å². The van der Waals surface area contributed by atoms with Crippen LogP contribution in [0.3, 0.4) is 0 Å². The van der Waals surface area contributed by atoms with E-state index >= 15 is 0 Å². The summed E-state index contributed by atoms with van der Waals surface area (Å²) in [6, 6.07) is 0. The van der Waals surface area contributed by atoms with Crippen molar-refractivity contribution < 1.29 is 9.84 Å². The number of aliphatic hydroxyl groups excluding tert-OH is 1. The van der Waals surface area contributed by atoms with Crippen molar-refractivity contribution in [2.45, 2.75) is 77.7 Å². The van der Waals surface area contributed by atoms with Gasteiger partial charge in [0.1, 0.15) is 0 Å². The molecule has 0 amide bonds. The van der Waals surface area contributed by atoms with E-state index in [0.717, 1.165) is 25.9 Å². The Hall–Kier alpha value is -0.0800. The highest BCUT2D eigenvalue weighted by molar-refractivity contribution is 4.70. The van der Waals surface area contributed by atoms with Gasteiger partial charge in [0.05, 0.1) is 5.60 Å². The summed E-state index contributed by atoms with van der Waals surface area (Å²) in [6.07, 6.45) is 9.28. The molecule has 0 aliphatic rings. The molecular weight excluding hydrogens is 200 g/mol. The summed E-state index contributed by atoms with van der Waals surface area (Å²) in [5, 5.41) is 8.63. The van der Waals surface area contributed by atoms with Gasteiger partial charge in [-0.1, -0.05) is 39.5 Å². The Morgan fingerprint density at radius 2 is 1.38 bits per heavy atom. The molecule has 0 saturated carbocycles. The standard InChI is InChI=1S/C14H30O2/c1-4-14(3,5-2)16-13-11-9-7-6-8-10-12-15/h15H,4-13H2,1-3H3. The van der Waals surface area contributed by atoms with E-state index in [1.54, 1.807) is 0 Å². The fourth-order valence-corrected chi connectivity index (χ4v) is 1.69. The van der Waals surface area contributed by atoms with E-state index < -0.39 is 0 Å². The molecule has 0 aliphatic heterocycles. The van der Waals surface area contributed by atoms with Crippen molar-refractivity contribution >= 4 is 0 Å². The molecular formula is C14H30O2. The van der Waals surface area contributed by atoms with Crippen molar-refractivity contribution in [1.82, 2.24) is 0 Å². The van der Waals surface area contributed by atoms with E-state index in [2.05, 4.69) is 20.8 Å². The van der Waals surface area contributed by atoms with E-state index in [4.69, 9.17) is 9.84 Å². The number of aliphatic hydroxyl groups is 1. The van der Waals surface area contributed by atoms with E-state index in [1.807, 2.05) is 0 Å². The van der Waals surface area contributed by atoms with Gasteiger partial charge in [0.2, 0.25) is 0 Å². The molecule has 0 atom stereocenters. The van der Waals surface area contributed by atoms with Crippen molar-refractivity contribution in [3.05, 3.63) is 0 Å². The van der Waals surface area contributed by atoms with E-state index in [1.165, 1.54) is 32.1 Å². The van der Waals surface area contributed by atoms with Gasteiger partial charge < -0.3 is 9.84 Å². The molecule has 0 fully saturated rings. The molecule has 0 bridgehead atoms. The largest absolute Gasteiger partial charge is 0.396 e. The van der Waals surface area contributed by atoms with Gasteiger partial charge in [-0.15, -0.1) is 0 Å². The normalized spacial score (nSPS) is 12.0. The monoisotopic (exact) mass is 230 g/mol. The zero-order chi connectivity index (χ0) is 12.3. The molecule has 0 heterocycles. The van der Waals surface area contributed by atoms with Crippen molar-refractivity contribution in [1.29, 1.82) is 0 Å². The first-order valence-electron chi connectivity index (χ1n) is 6.93. The molecule has 0 aromatic heterocycles. The second-order valence-corrected chi connectivity index (χ2v) is 4.85. The van der Waals surface area contributed by atoms with E-state index in [0.29, 0.717) is 6.61 Å². The first-order valence-corrected chi connectivity index (χ1v) is 6.93. The predicted molar refractivity (Wildman–Crippen MR) is 69.7 cm³/mol. The fourth-order valence-electron chi connectivity index (χ4n) is 1.69. The molecule has 0 rings (SSSR count). The van der Waals surface area contributed by atoms with Crippen molar-refractivity contribution in [2.75, 3.05) is 13.2 Å². The van der Waals surface area contributed by atoms with Gasteiger partial charge in [0, 0.05) is 13.2 Å². The topological polar surface area (TPSA) is 29.5 Å². The van der Waals surface area contributed by atoms with Gasteiger partial charge in [-0.2, -0.15) is 0 Å². The third kappa shape index (κ3) is 8.12. The van der Waals surface area contributed by atoms with Gasteiger partial charge >= 0.3 is 0 Å². The zero-order valence-corrected chi connectivity index (χ0v) is 11.4. The van der Waals surface area contributed by atoms with Crippen LogP contribution in [0.5, 0.6) is 0 Å². The van der Waals surface area contributed by atoms with Crippen LogP contribution in [0, 0.1) is 0 Å². The van der Waals surface area contributed by atoms with Crippen LogP contribution in [-0.4, -0.2) is 23.9 Å². The van der Waals surface area contributed by atoms with Crippen LogP contribution in [0.15, 0.2) is 0 Å². The molecule has 0 unspecified atom stereocenters. The van der Waals surface area contributed by atoms with Gasteiger partial charge in [0.25, 0.3) is 0 Å². The second kappa shape index (κ2) is 10.1. The molecule has 0 spiro atoms. The number of hydrogen-bond acceptors (Lipinski definition) is 2. The Kier molecular flexibility index (Phi) is 10.0. The van der Waals surface area contributed by atoms with Crippen LogP contribution in [0.2, 0.25) is 0 Å². The minimum absolute atomic E-state index is 0.0941. The molecule has 98 valence electrons. The minimum Gasteiger partial charge on any atom is -0.396 e. The highest BCUT2D eigenvalue weighted by Crippen LogP contribution is 2.19. The van der Waals surface area contributed by atoms with Crippen LogP contribution in [0.25, 0.3) is 0 Å². The highest BCUT2D eigenvalue weighted by atomic mass is 16.5. The summed E-state index contributed by atoms with van der Waals surface area (Å²) in [4.78, 5) is 0. The van der Waals surface area contributed by atoms with Crippen LogP contribution in [0.4, 0.5) is 0 Å². The van der Waals surface area contributed by atoms with Gasteiger partial charge in [-0.3, -0.25) is 0 Å².